The minimum Gasteiger partial charge on any atom is -0.376 e. The largest absolute Gasteiger partial charge is 0.376 e. The SMILES string of the molecule is C[C@H](NC(=O)N1CCC(OC[C@H]2CCCCO2)CC1)C(C)(C)C. The van der Waals surface area contributed by atoms with Crippen LogP contribution in [-0.4, -0.2) is 55.5 Å². The Labute approximate surface area is 141 Å². The lowest BCUT2D eigenvalue weighted by Crippen LogP contribution is -2.51. The number of likely N-dealkylation sites (tertiary alicyclic amines) is 1. The van der Waals surface area contributed by atoms with Gasteiger partial charge in [-0.05, 0) is 44.4 Å². The summed E-state index contributed by atoms with van der Waals surface area (Å²) in [4.78, 5) is 14.2. The monoisotopic (exact) mass is 326 g/mol. The molecular weight excluding hydrogens is 292 g/mol. The van der Waals surface area contributed by atoms with Crippen molar-refractivity contribution in [2.45, 2.75) is 78.0 Å². The molecule has 0 aromatic carbocycles. The number of nitrogens with zero attached hydrogens (tertiary/aromatic N) is 1. The van der Waals surface area contributed by atoms with Crippen molar-refractivity contribution in [3.8, 4) is 0 Å². The van der Waals surface area contributed by atoms with Gasteiger partial charge in [-0.15, -0.1) is 0 Å². The van der Waals surface area contributed by atoms with Gasteiger partial charge in [-0.3, -0.25) is 0 Å². The molecule has 0 unspecified atom stereocenters. The van der Waals surface area contributed by atoms with Crippen LogP contribution in [0.5, 0.6) is 0 Å². The third kappa shape index (κ3) is 5.96. The number of hydrogen-bond acceptors (Lipinski definition) is 3. The summed E-state index contributed by atoms with van der Waals surface area (Å²) in [5.41, 5.74) is 0.0804. The zero-order valence-corrected chi connectivity index (χ0v) is 15.3. The highest BCUT2D eigenvalue weighted by molar-refractivity contribution is 5.74. The van der Waals surface area contributed by atoms with E-state index in [1.165, 1.54) is 12.8 Å². The Morgan fingerprint density at radius 2 is 1.96 bits per heavy atom. The van der Waals surface area contributed by atoms with Gasteiger partial charge in [-0.1, -0.05) is 20.8 Å². The summed E-state index contributed by atoms with van der Waals surface area (Å²) >= 11 is 0. The minimum atomic E-state index is 0.0569. The van der Waals surface area contributed by atoms with Crippen LogP contribution in [0.3, 0.4) is 0 Å². The molecule has 2 aliphatic rings. The lowest BCUT2D eigenvalue weighted by atomic mass is 9.88. The number of hydrogen-bond donors (Lipinski definition) is 1. The van der Waals surface area contributed by atoms with Crippen molar-refractivity contribution >= 4 is 6.03 Å². The zero-order valence-electron chi connectivity index (χ0n) is 15.3. The predicted molar refractivity (Wildman–Crippen MR) is 91.6 cm³/mol. The van der Waals surface area contributed by atoms with Crippen LogP contribution in [0.2, 0.25) is 0 Å². The molecule has 2 saturated heterocycles. The van der Waals surface area contributed by atoms with Crippen LogP contribution in [0.4, 0.5) is 4.79 Å². The highest BCUT2D eigenvalue weighted by atomic mass is 16.5. The second kappa shape index (κ2) is 8.34. The molecule has 134 valence electrons. The van der Waals surface area contributed by atoms with Crippen molar-refractivity contribution < 1.29 is 14.3 Å². The van der Waals surface area contributed by atoms with Crippen LogP contribution >= 0.6 is 0 Å². The van der Waals surface area contributed by atoms with E-state index >= 15 is 0 Å². The van der Waals surface area contributed by atoms with Crippen LogP contribution in [0.15, 0.2) is 0 Å². The Morgan fingerprint density at radius 3 is 2.52 bits per heavy atom. The van der Waals surface area contributed by atoms with Crippen molar-refractivity contribution in [1.82, 2.24) is 10.2 Å². The van der Waals surface area contributed by atoms with Gasteiger partial charge < -0.3 is 19.7 Å². The summed E-state index contributed by atoms with van der Waals surface area (Å²) in [6.07, 6.45) is 5.93. The topological polar surface area (TPSA) is 50.8 Å². The van der Waals surface area contributed by atoms with E-state index in [2.05, 4.69) is 33.0 Å². The lowest BCUT2D eigenvalue weighted by molar-refractivity contribution is -0.0728. The molecular formula is C18H34N2O3. The average molecular weight is 326 g/mol. The van der Waals surface area contributed by atoms with Gasteiger partial charge in [-0.2, -0.15) is 0 Å². The van der Waals surface area contributed by atoms with Crippen LogP contribution in [0, 0.1) is 5.41 Å². The summed E-state index contributed by atoms with van der Waals surface area (Å²) in [5, 5.41) is 3.11. The summed E-state index contributed by atoms with van der Waals surface area (Å²) in [6, 6.07) is 0.217. The van der Waals surface area contributed by atoms with Gasteiger partial charge in [0.2, 0.25) is 0 Å². The second-order valence-corrected chi connectivity index (χ2v) is 8.05. The lowest BCUT2D eigenvalue weighted by Gasteiger charge is -2.35. The molecule has 0 bridgehead atoms. The Bertz CT molecular complexity index is 367. The first kappa shape index (κ1) is 18.5. The van der Waals surface area contributed by atoms with Crippen LogP contribution in [0.25, 0.3) is 0 Å². The fraction of sp³-hybridized carbons (Fsp3) is 0.944. The molecule has 2 rings (SSSR count). The van der Waals surface area contributed by atoms with Gasteiger partial charge in [0.15, 0.2) is 0 Å². The molecule has 2 heterocycles. The zero-order chi connectivity index (χ0) is 16.9. The number of nitrogens with one attached hydrogen (secondary N) is 1. The van der Waals surface area contributed by atoms with E-state index in [1.807, 2.05) is 4.90 Å². The van der Waals surface area contributed by atoms with Crippen molar-refractivity contribution in [2.24, 2.45) is 5.41 Å². The molecule has 5 heteroatoms. The van der Waals surface area contributed by atoms with Crippen molar-refractivity contribution in [3.63, 3.8) is 0 Å². The van der Waals surface area contributed by atoms with Crippen molar-refractivity contribution in [1.29, 1.82) is 0 Å². The normalized spacial score (nSPS) is 25.2. The number of carbonyl (C=O) groups is 1. The Balaban J connectivity index is 1.66. The number of piperidine rings is 1. The van der Waals surface area contributed by atoms with Crippen LogP contribution in [-0.2, 0) is 9.47 Å². The van der Waals surface area contributed by atoms with Crippen molar-refractivity contribution in [3.05, 3.63) is 0 Å². The molecule has 0 radical (unpaired) electrons. The highest BCUT2D eigenvalue weighted by Crippen LogP contribution is 2.20. The van der Waals surface area contributed by atoms with E-state index < -0.39 is 0 Å². The molecule has 0 aliphatic carbocycles. The molecule has 2 atom stereocenters. The average Bonchev–Trinajstić information content (AvgIpc) is 2.53. The van der Waals surface area contributed by atoms with Gasteiger partial charge in [0.1, 0.15) is 0 Å². The summed E-state index contributed by atoms with van der Waals surface area (Å²) in [5.74, 6) is 0. The Hall–Kier alpha value is -0.810. The number of amides is 2. The highest BCUT2D eigenvalue weighted by Gasteiger charge is 2.27. The smallest absolute Gasteiger partial charge is 0.317 e. The van der Waals surface area contributed by atoms with E-state index in [0.717, 1.165) is 39.0 Å². The summed E-state index contributed by atoms with van der Waals surface area (Å²) in [6.45, 7) is 11.6. The maximum Gasteiger partial charge on any atom is 0.317 e. The molecule has 0 spiro atoms. The van der Waals surface area contributed by atoms with Gasteiger partial charge in [0.05, 0.1) is 18.8 Å². The maximum atomic E-state index is 12.3. The first-order valence-electron chi connectivity index (χ1n) is 9.15. The molecule has 2 fully saturated rings. The molecule has 0 aromatic rings. The standard InChI is InChI=1S/C18H34N2O3/c1-14(18(2,3)4)19-17(21)20-10-8-15(9-11-20)23-13-16-7-5-6-12-22-16/h14-16H,5-13H2,1-4H3,(H,19,21)/t14-,16+/m0/s1. The fourth-order valence-corrected chi connectivity index (χ4v) is 2.90. The number of carbonyl (C=O) groups excluding carboxylic acids is 1. The van der Waals surface area contributed by atoms with Crippen molar-refractivity contribution in [2.75, 3.05) is 26.3 Å². The minimum absolute atomic E-state index is 0.0569. The number of rotatable bonds is 4. The number of urea groups is 1. The molecule has 5 nitrogen and oxygen atoms in total. The van der Waals surface area contributed by atoms with Crippen LogP contribution < -0.4 is 5.32 Å². The summed E-state index contributed by atoms with van der Waals surface area (Å²) < 4.78 is 11.7. The van der Waals surface area contributed by atoms with Gasteiger partial charge in [-0.25, -0.2) is 4.79 Å². The molecule has 2 amide bonds. The molecule has 2 aliphatic heterocycles. The number of ether oxygens (including phenoxy) is 2. The van der Waals surface area contributed by atoms with E-state index in [-0.39, 0.29) is 29.7 Å². The van der Waals surface area contributed by atoms with Gasteiger partial charge >= 0.3 is 6.03 Å². The third-order valence-corrected chi connectivity index (χ3v) is 5.16. The third-order valence-electron chi connectivity index (χ3n) is 5.16. The fourth-order valence-electron chi connectivity index (χ4n) is 2.90. The summed E-state index contributed by atoms with van der Waals surface area (Å²) in [7, 11) is 0. The van der Waals surface area contributed by atoms with E-state index in [0.29, 0.717) is 6.61 Å². The first-order valence-corrected chi connectivity index (χ1v) is 9.15. The first-order chi connectivity index (χ1) is 10.9. The van der Waals surface area contributed by atoms with E-state index in [1.54, 1.807) is 0 Å². The second-order valence-electron chi connectivity index (χ2n) is 8.05. The van der Waals surface area contributed by atoms with Gasteiger partial charge in [0, 0.05) is 25.7 Å². The van der Waals surface area contributed by atoms with E-state index in [4.69, 9.17) is 9.47 Å². The molecule has 23 heavy (non-hydrogen) atoms. The van der Waals surface area contributed by atoms with E-state index in [9.17, 15) is 4.79 Å². The molecule has 0 saturated carbocycles. The Morgan fingerprint density at radius 1 is 1.26 bits per heavy atom. The maximum absolute atomic E-state index is 12.3. The van der Waals surface area contributed by atoms with Crippen LogP contribution in [0.1, 0.15) is 59.8 Å². The molecule has 1 N–H and O–H groups in total. The molecule has 0 aromatic heterocycles. The Kier molecular flexibility index (Phi) is 6.72. The quantitative estimate of drug-likeness (QED) is 0.863. The van der Waals surface area contributed by atoms with Gasteiger partial charge in [0.25, 0.3) is 0 Å². The predicted octanol–water partition coefficient (Wildman–Crippen LogP) is 3.18.